The van der Waals surface area contributed by atoms with Crippen LogP contribution in [-0.4, -0.2) is 15.0 Å². The Morgan fingerprint density at radius 1 is 1.42 bits per heavy atom. The van der Waals surface area contributed by atoms with Crippen molar-refractivity contribution in [2.24, 2.45) is 0 Å². The van der Waals surface area contributed by atoms with E-state index in [1.807, 2.05) is 18.3 Å². The first-order valence-corrected chi connectivity index (χ1v) is 3.79. The third-order valence-electron chi connectivity index (χ3n) is 1.69. The van der Waals surface area contributed by atoms with Crippen molar-refractivity contribution in [3.63, 3.8) is 0 Å². The van der Waals surface area contributed by atoms with Crippen molar-refractivity contribution in [1.82, 2.24) is 15.0 Å². The van der Waals surface area contributed by atoms with Crippen LogP contribution in [0.5, 0.6) is 0 Å². The third kappa shape index (κ3) is 1.21. The molecule has 0 N–H and O–H groups in total. The highest BCUT2D eigenvalue weighted by atomic mass is 15.4. The summed E-state index contributed by atoms with van der Waals surface area (Å²) in [7, 11) is 0. The quantitative estimate of drug-likeness (QED) is 0.640. The van der Waals surface area contributed by atoms with E-state index in [0.29, 0.717) is 0 Å². The molecule has 3 nitrogen and oxygen atoms in total. The second-order valence-corrected chi connectivity index (χ2v) is 2.69. The van der Waals surface area contributed by atoms with Gasteiger partial charge in [-0.25, -0.2) is 4.68 Å². The Balaban J connectivity index is 0.000000845. The van der Waals surface area contributed by atoms with Gasteiger partial charge >= 0.3 is 0 Å². The Bertz CT molecular complexity index is 370. The maximum Gasteiger partial charge on any atom is 0.0697 e. The Kier molecular flexibility index (Phi) is 1.63. The lowest BCUT2D eigenvalue weighted by atomic mass is 10.2. The van der Waals surface area contributed by atoms with Gasteiger partial charge in [0.15, 0.2) is 0 Å². The van der Waals surface area contributed by atoms with Gasteiger partial charge in [0, 0.05) is 1.43 Å². The predicted molar refractivity (Wildman–Crippen MR) is 48.2 cm³/mol. The zero-order valence-electron chi connectivity index (χ0n) is 6.81. The van der Waals surface area contributed by atoms with E-state index in [2.05, 4.69) is 29.4 Å². The van der Waals surface area contributed by atoms with Crippen LogP contribution >= 0.6 is 0 Å². The summed E-state index contributed by atoms with van der Waals surface area (Å²) in [6.45, 7) is 2.06. The Hall–Kier alpha value is -1.64. The van der Waals surface area contributed by atoms with Crippen molar-refractivity contribution in [2.75, 3.05) is 0 Å². The maximum atomic E-state index is 3.89. The molecule has 0 unspecified atom stereocenters. The summed E-state index contributed by atoms with van der Waals surface area (Å²) in [6.07, 6.45) is 3.50. The molecule has 0 fully saturated rings. The first-order chi connectivity index (χ1) is 5.86. The number of hydrogen-bond donors (Lipinski definition) is 0. The Morgan fingerprint density at radius 2 is 2.33 bits per heavy atom. The van der Waals surface area contributed by atoms with Gasteiger partial charge in [-0.1, -0.05) is 17.3 Å². The summed E-state index contributed by atoms with van der Waals surface area (Å²) in [6, 6.07) is 8.13. The molecule has 2 aromatic rings. The number of rotatable bonds is 1. The van der Waals surface area contributed by atoms with E-state index in [-0.39, 0.29) is 1.43 Å². The molecule has 0 amide bonds. The van der Waals surface area contributed by atoms with Crippen LogP contribution in [0.1, 0.15) is 6.99 Å². The van der Waals surface area contributed by atoms with Gasteiger partial charge in [0.25, 0.3) is 0 Å². The van der Waals surface area contributed by atoms with Gasteiger partial charge in [0.2, 0.25) is 0 Å². The SMILES string of the molecule is Cc1cccc(-n2ccnn2)c1.[2HH]. The van der Waals surface area contributed by atoms with Crippen molar-refractivity contribution in [3.05, 3.63) is 42.2 Å². The highest BCUT2D eigenvalue weighted by molar-refractivity contribution is 5.33. The fourth-order valence-corrected chi connectivity index (χ4v) is 1.12. The molecule has 3 heteroatoms. The summed E-state index contributed by atoms with van der Waals surface area (Å²) in [5, 5.41) is 7.64. The van der Waals surface area contributed by atoms with Crippen LogP contribution in [0.4, 0.5) is 0 Å². The maximum absolute atomic E-state index is 3.89. The van der Waals surface area contributed by atoms with Crippen molar-refractivity contribution in [2.45, 2.75) is 6.92 Å². The van der Waals surface area contributed by atoms with Crippen LogP contribution in [0, 0.1) is 6.92 Å². The number of nitrogens with zero attached hydrogens (tertiary/aromatic N) is 3. The molecule has 0 aliphatic heterocycles. The van der Waals surface area contributed by atoms with Crippen LogP contribution in [-0.2, 0) is 0 Å². The molecule has 12 heavy (non-hydrogen) atoms. The lowest BCUT2D eigenvalue weighted by Gasteiger charge is -1.99. The highest BCUT2D eigenvalue weighted by Gasteiger charge is 1.94. The summed E-state index contributed by atoms with van der Waals surface area (Å²) < 4.78 is 1.74. The van der Waals surface area contributed by atoms with E-state index < -0.39 is 0 Å². The lowest BCUT2D eigenvalue weighted by molar-refractivity contribution is 0.802. The molecule has 0 radical (unpaired) electrons. The highest BCUT2D eigenvalue weighted by Crippen LogP contribution is 2.07. The molecule has 62 valence electrons. The molecule has 0 saturated carbocycles. The van der Waals surface area contributed by atoms with Gasteiger partial charge in [-0.3, -0.25) is 0 Å². The van der Waals surface area contributed by atoms with Crippen molar-refractivity contribution in [3.8, 4) is 5.69 Å². The largest absolute Gasteiger partial charge is 0.221 e. The summed E-state index contributed by atoms with van der Waals surface area (Å²) in [5.41, 5.74) is 2.27. The molecule has 1 aromatic heterocycles. The molecule has 0 saturated heterocycles. The first-order valence-electron chi connectivity index (χ1n) is 3.79. The molecule has 1 aromatic carbocycles. The van der Waals surface area contributed by atoms with Gasteiger partial charge in [-0.05, 0) is 24.6 Å². The zero-order chi connectivity index (χ0) is 8.39. The molecule has 2 rings (SSSR count). The van der Waals surface area contributed by atoms with Crippen LogP contribution in [0.3, 0.4) is 0 Å². The molecule has 0 aliphatic rings. The van der Waals surface area contributed by atoms with Crippen LogP contribution < -0.4 is 0 Å². The second kappa shape index (κ2) is 2.77. The average molecular weight is 162 g/mol. The van der Waals surface area contributed by atoms with E-state index in [9.17, 15) is 0 Å². The lowest BCUT2D eigenvalue weighted by Crippen LogP contribution is -1.94. The van der Waals surface area contributed by atoms with E-state index >= 15 is 0 Å². The number of aromatic nitrogens is 3. The van der Waals surface area contributed by atoms with E-state index in [4.69, 9.17) is 0 Å². The fourth-order valence-electron chi connectivity index (χ4n) is 1.12. The van der Waals surface area contributed by atoms with Crippen LogP contribution in [0.15, 0.2) is 36.7 Å². The first kappa shape index (κ1) is 7.03. The predicted octanol–water partition coefficient (Wildman–Crippen LogP) is 1.82. The Morgan fingerprint density at radius 3 is 3.00 bits per heavy atom. The minimum atomic E-state index is 0. The van der Waals surface area contributed by atoms with Crippen molar-refractivity contribution >= 4 is 0 Å². The topological polar surface area (TPSA) is 30.7 Å². The second-order valence-electron chi connectivity index (χ2n) is 2.69. The van der Waals surface area contributed by atoms with Crippen LogP contribution in [0.2, 0.25) is 0 Å². The average Bonchev–Trinajstić information content (AvgIpc) is 2.56. The summed E-state index contributed by atoms with van der Waals surface area (Å²) in [4.78, 5) is 0. The number of aryl methyl sites for hydroxylation is 1. The van der Waals surface area contributed by atoms with Gasteiger partial charge in [-0.15, -0.1) is 5.10 Å². The smallest absolute Gasteiger partial charge is 0.0697 e. The van der Waals surface area contributed by atoms with Gasteiger partial charge in [0.1, 0.15) is 0 Å². The van der Waals surface area contributed by atoms with Crippen LogP contribution in [0.25, 0.3) is 5.69 Å². The molecule has 0 aliphatic carbocycles. The molecule has 0 spiro atoms. The van der Waals surface area contributed by atoms with Gasteiger partial charge in [-0.2, -0.15) is 0 Å². The minimum absolute atomic E-state index is 0. The van der Waals surface area contributed by atoms with Gasteiger partial charge < -0.3 is 0 Å². The van der Waals surface area contributed by atoms with Crippen molar-refractivity contribution < 1.29 is 1.43 Å². The number of hydrogen-bond acceptors (Lipinski definition) is 2. The molecular weight excluding hydrogens is 150 g/mol. The molecule has 1 heterocycles. The minimum Gasteiger partial charge on any atom is -0.221 e. The molecule has 0 bridgehead atoms. The van der Waals surface area contributed by atoms with E-state index in [1.54, 1.807) is 10.9 Å². The number of benzene rings is 1. The monoisotopic (exact) mass is 162 g/mol. The van der Waals surface area contributed by atoms with E-state index in [1.165, 1.54) is 5.56 Å². The standard InChI is InChI=1S/C9H9N3.H2/c1-8-3-2-4-9(7-8)12-6-5-10-11-12;/h2-7H,1H3;1H/i;1+1. The fraction of sp³-hybridized carbons (Fsp3) is 0.111. The normalized spacial score (nSPS) is 10.1. The van der Waals surface area contributed by atoms with E-state index in [0.717, 1.165) is 5.69 Å². The Labute approximate surface area is 72.1 Å². The summed E-state index contributed by atoms with van der Waals surface area (Å²) >= 11 is 0. The van der Waals surface area contributed by atoms with Gasteiger partial charge in [0.05, 0.1) is 18.1 Å². The zero-order valence-corrected chi connectivity index (χ0v) is 6.81. The summed E-state index contributed by atoms with van der Waals surface area (Å²) in [5.74, 6) is 0. The van der Waals surface area contributed by atoms with Crippen molar-refractivity contribution in [1.29, 1.82) is 0 Å². The third-order valence-corrected chi connectivity index (χ3v) is 1.69. The molecular formula is C9H11N3. The molecule has 0 atom stereocenters.